The van der Waals surface area contributed by atoms with Crippen molar-refractivity contribution in [2.45, 2.75) is 38.0 Å². The van der Waals surface area contributed by atoms with Gasteiger partial charge in [0.05, 0.1) is 18.2 Å². The second kappa shape index (κ2) is 6.80. The summed E-state index contributed by atoms with van der Waals surface area (Å²) in [5, 5.41) is 0. The Kier molecular flexibility index (Phi) is 4.36. The van der Waals surface area contributed by atoms with Crippen molar-refractivity contribution in [3.8, 4) is 5.88 Å². The molecule has 3 atom stereocenters. The minimum Gasteiger partial charge on any atom is -0.470 e. The van der Waals surface area contributed by atoms with Crippen molar-refractivity contribution in [3.63, 3.8) is 0 Å². The van der Waals surface area contributed by atoms with Crippen molar-refractivity contribution in [2.75, 3.05) is 13.2 Å². The lowest BCUT2D eigenvalue weighted by Gasteiger charge is -2.32. The molecular formula is C19H21N3O3. The predicted octanol–water partition coefficient (Wildman–Crippen LogP) is 2.24. The lowest BCUT2D eigenvalue weighted by molar-refractivity contribution is -0.0455. The maximum atomic E-state index is 13.0. The maximum Gasteiger partial charge on any atom is 0.255 e. The van der Waals surface area contributed by atoms with E-state index in [0.717, 1.165) is 18.4 Å². The van der Waals surface area contributed by atoms with Crippen LogP contribution in [0.5, 0.6) is 5.88 Å². The number of hydrogen-bond acceptors (Lipinski definition) is 5. The number of fused-ring (bicyclic) bond motifs is 1. The first-order valence-electron chi connectivity index (χ1n) is 8.64. The van der Waals surface area contributed by atoms with Gasteiger partial charge in [0.25, 0.3) is 5.91 Å². The third kappa shape index (κ3) is 3.22. The van der Waals surface area contributed by atoms with Crippen LogP contribution >= 0.6 is 0 Å². The predicted molar refractivity (Wildman–Crippen MR) is 91.4 cm³/mol. The summed E-state index contributed by atoms with van der Waals surface area (Å²) < 4.78 is 12.0. The first-order chi connectivity index (χ1) is 12.2. The number of carbonyl (C=O) groups excluding carboxylic acids is 1. The fraction of sp³-hybridized carbons (Fsp3) is 0.421. The van der Waals surface area contributed by atoms with E-state index in [9.17, 15) is 4.79 Å². The van der Waals surface area contributed by atoms with Crippen molar-refractivity contribution in [1.29, 1.82) is 0 Å². The lowest BCUT2D eigenvalue weighted by Crippen LogP contribution is -2.44. The molecule has 0 unspecified atom stereocenters. The number of ether oxygens (including phenoxy) is 2. The molecule has 2 aromatic heterocycles. The largest absolute Gasteiger partial charge is 0.470 e. The molecule has 2 aromatic rings. The van der Waals surface area contributed by atoms with E-state index >= 15 is 0 Å². The van der Waals surface area contributed by atoms with Gasteiger partial charge in [0.15, 0.2) is 0 Å². The Bertz CT molecular complexity index is 753. The van der Waals surface area contributed by atoms with Crippen molar-refractivity contribution < 1.29 is 14.3 Å². The van der Waals surface area contributed by atoms with E-state index in [0.29, 0.717) is 24.6 Å². The summed E-state index contributed by atoms with van der Waals surface area (Å²) in [7, 11) is 0. The highest BCUT2D eigenvalue weighted by Crippen LogP contribution is 2.32. The molecular weight excluding hydrogens is 318 g/mol. The monoisotopic (exact) mass is 339 g/mol. The molecule has 2 saturated heterocycles. The second-order valence-electron chi connectivity index (χ2n) is 6.58. The van der Waals surface area contributed by atoms with Gasteiger partial charge < -0.3 is 14.4 Å². The minimum atomic E-state index is -0.207. The fourth-order valence-electron chi connectivity index (χ4n) is 3.66. The number of nitrogens with zero attached hydrogens (tertiary/aromatic N) is 3. The number of amides is 1. The van der Waals surface area contributed by atoms with Gasteiger partial charge in [-0.15, -0.1) is 0 Å². The summed E-state index contributed by atoms with van der Waals surface area (Å²) in [6.07, 6.45) is 6.64. The van der Waals surface area contributed by atoms with E-state index < -0.39 is 0 Å². The van der Waals surface area contributed by atoms with Crippen molar-refractivity contribution in [2.24, 2.45) is 0 Å². The summed E-state index contributed by atoms with van der Waals surface area (Å²) in [5.74, 6) is 0.552. The highest BCUT2D eigenvalue weighted by molar-refractivity contribution is 5.94. The van der Waals surface area contributed by atoms with Gasteiger partial charge in [-0.05, 0) is 37.5 Å². The Labute approximate surface area is 146 Å². The third-order valence-electron chi connectivity index (χ3n) is 4.77. The van der Waals surface area contributed by atoms with Crippen LogP contribution in [-0.4, -0.2) is 52.2 Å². The zero-order valence-electron chi connectivity index (χ0n) is 14.2. The first kappa shape index (κ1) is 16.0. The SMILES string of the molecule is Cc1cncc(C(=O)N2C[C@@H](Oc3ccccn3)[C@@H]3OCCC[C@@H]32)c1. The molecule has 0 radical (unpaired) electrons. The van der Waals surface area contributed by atoms with Crippen LogP contribution in [0.2, 0.25) is 0 Å². The van der Waals surface area contributed by atoms with Gasteiger partial charge in [0, 0.05) is 31.3 Å². The van der Waals surface area contributed by atoms with Crippen molar-refractivity contribution in [3.05, 3.63) is 54.0 Å². The number of likely N-dealkylation sites (tertiary alicyclic amines) is 1. The summed E-state index contributed by atoms with van der Waals surface area (Å²) in [6.45, 7) is 3.14. The van der Waals surface area contributed by atoms with Gasteiger partial charge in [-0.3, -0.25) is 9.78 Å². The lowest BCUT2D eigenvalue weighted by atomic mass is 10.0. The zero-order valence-corrected chi connectivity index (χ0v) is 14.2. The second-order valence-corrected chi connectivity index (χ2v) is 6.58. The molecule has 0 aromatic carbocycles. The fourth-order valence-corrected chi connectivity index (χ4v) is 3.66. The number of rotatable bonds is 3. The molecule has 4 heterocycles. The minimum absolute atomic E-state index is 0.0104. The zero-order chi connectivity index (χ0) is 17.2. The number of aromatic nitrogens is 2. The summed E-state index contributed by atoms with van der Waals surface area (Å²) in [5.41, 5.74) is 1.59. The van der Waals surface area contributed by atoms with Gasteiger partial charge in [-0.25, -0.2) is 4.98 Å². The molecule has 6 heteroatoms. The Morgan fingerprint density at radius 2 is 2.28 bits per heavy atom. The van der Waals surface area contributed by atoms with Crippen LogP contribution in [0.15, 0.2) is 42.9 Å². The Hall–Kier alpha value is -2.47. The van der Waals surface area contributed by atoms with Gasteiger partial charge in [0.1, 0.15) is 12.2 Å². The van der Waals surface area contributed by atoms with E-state index in [1.165, 1.54) is 0 Å². The van der Waals surface area contributed by atoms with Crippen molar-refractivity contribution in [1.82, 2.24) is 14.9 Å². The molecule has 4 rings (SSSR count). The van der Waals surface area contributed by atoms with Gasteiger partial charge in [-0.2, -0.15) is 0 Å². The van der Waals surface area contributed by atoms with Crippen molar-refractivity contribution >= 4 is 5.91 Å². The van der Waals surface area contributed by atoms with Crippen LogP contribution in [-0.2, 0) is 4.74 Å². The van der Waals surface area contributed by atoms with Crippen LogP contribution < -0.4 is 4.74 Å². The molecule has 25 heavy (non-hydrogen) atoms. The summed E-state index contributed by atoms with van der Waals surface area (Å²) in [6, 6.07) is 7.48. The van der Waals surface area contributed by atoms with E-state index in [-0.39, 0.29) is 24.2 Å². The smallest absolute Gasteiger partial charge is 0.255 e. The Morgan fingerprint density at radius 3 is 3.08 bits per heavy atom. The van der Waals surface area contributed by atoms with E-state index in [4.69, 9.17) is 9.47 Å². The van der Waals surface area contributed by atoms with E-state index in [1.807, 2.05) is 36.1 Å². The topological polar surface area (TPSA) is 64.6 Å². The molecule has 1 amide bonds. The molecule has 0 bridgehead atoms. The summed E-state index contributed by atoms with van der Waals surface area (Å²) in [4.78, 5) is 23.3. The molecule has 2 fully saturated rings. The third-order valence-corrected chi connectivity index (χ3v) is 4.77. The molecule has 130 valence electrons. The Morgan fingerprint density at radius 1 is 1.36 bits per heavy atom. The van der Waals surface area contributed by atoms with Crippen LogP contribution in [0.1, 0.15) is 28.8 Å². The van der Waals surface area contributed by atoms with Crippen LogP contribution in [0, 0.1) is 6.92 Å². The molecule has 0 saturated carbocycles. The van der Waals surface area contributed by atoms with E-state index in [2.05, 4.69) is 9.97 Å². The number of hydrogen-bond donors (Lipinski definition) is 0. The van der Waals surface area contributed by atoms with Crippen LogP contribution in [0.4, 0.5) is 0 Å². The van der Waals surface area contributed by atoms with E-state index in [1.54, 1.807) is 18.6 Å². The molecule has 0 spiro atoms. The molecule has 2 aliphatic rings. The molecule has 0 aliphatic carbocycles. The summed E-state index contributed by atoms with van der Waals surface area (Å²) >= 11 is 0. The highest BCUT2D eigenvalue weighted by Gasteiger charge is 2.47. The average molecular weight is 339 g/mol. The van der Waals surface area contributed by atoms with Gasteiger partial charge in [0.2, 0.25) is 5.88 Å². The van der Waals surface area contributed by atoms with Crippen LogP contribution in [0.3, 0.4) is 0 Å². The number of carbonyl (C=O) groups is 1. The number of pyridine rings is 2. The maximum absolute atomic E-state index is 13.0. The molecule has 2 aliphatic heterocycles. The quantitative estimate of drug-likeness (QED) is 0.858. The van der Waals surface area contributed by atoms with Gasteiger partial charge in [-0.1, -0.05) is 6.07 Å². The standard InChI is InChI=1S/C19H21N3O3/c1-13-9-14(11-20-10-13)19(23)22-12-16(18-15(22)5-4-8-24-18)25-17-6-2-3-7-21-17/h2-3,6-7,9-11,15-16,18H,4-5,8,12H2,1H3/t15-,16+,18+/m0/s1. The normalized spacial score (nSPS) is 25.5. The molecule has 6 nitrogen and oxygen atoms in total. The van der Waals surface area contributed by atoms with Gasteiger partial charge >= 0.3 is 0 Å². The molecule has 0 N–H and O–H groups in total. The number of aryl methyl sites for hydroxylation is 1. The highest BCUT2D eigenvalue weighted by atomic mass is 16.5. The first-order valence-corrected chi connectivity index (χ1v) is 8.64. The average Bonchev–Trinajstić information content (AvgIpc) is 3.01. The van der Waals surface area contributed by atoms with Crippen LogP contribution in [0.25, 0.3) is 0 Å². The Balaban J connectivity index is 1.57.